The highest BCUT2D eigenvalue weighted by atomic mass is 19.1. The molecular formula is C22H25FN4O3. The Balaban J connectivity index is 1.39. The second-order valence-corrected chi connectivity index (χ2v) is 8.08. The van der Waals surface area contributed by atoms with Crippen LogP contribution in [0.3, 0.4) is 0 Å². The molecule has 0 atom stereocenters. The Morgan fingerprint density at radius 1 is 1.23 bits per heavy atom. The topological polar surface area (TPSA) is 98.9 Å². The number of fused-ring (bicyclic) bond motifs is 1. The molecule has 0 aliphatic carbocycles. The second-order valence-electron chi connectivity index (χ2n) is 8.08. The molecule has 0 saturated carbocycles. The summed E-state index contributed by atoms with van der Waals surface area (Å²) < 4.78 is 13.6. The fourth-order valence-corrected chi connectivity index (χ4v) is 4.43. The first-order chi connectivity index (χ1) is 14.3. The van der Waals surface area contributed by atoms with Crippen molar-refractivity contribution < 1.29 is 19.1 Å². The van der Waals surface area contributed by atoms with Gasteiger partial charge in [-0.25, -0.2) is 9.18 Å². The van der Waals surface area contributed by atoms with Crippen LogP contribution >= 0.6 is 0 Å². The van der Waals surface area contributed by atoms with Crippen LogP contribution in [-0.2, 0) is 6.54 Å². The molecule has 2 aromatic carbocycles. The monoisotopic (exact) mass is 412 g/mol. The maximum atomic E-state index is 13.6. The Hall–Kier alpha value is -3.29. The third kappa shape index (κ3) is 3.53. The first-order valence-electron chi connectivity index (χ1n) is 9.96. The number of nitrogens with two attached hydrogens (primary N) is 1. The molecule has 7 nitrogen and oxygen atoms in total. The Morgan fingerprint density at radius 2 is 1.97 bits per heavy atom. The van der Waals surface area contributed by atoms with Crippen LogP contribution in [0.5, 0.6) is 5.75 Å². The number of urea groups is 1. The first-order valence-corrected chi connectivity index (χ1v) is 9.96. The van der Waals surface area contributed by atoms with Gasteiger partial charge in [-0.15, -0.1) is 0 Å². The SMILES string of the molecule is CN1c2ccc(F)cc2C(=O)CC12CCN(C(=O)NCc1ccc(O)c(N)c1)CC2. The first kappa shape index (κ1) is 20.0. The van der Waals surface area contributed by atoms with Crippen molar-refractivity contribution in [2.75, 3.05) is 30.8 Å². The summed E-state index contributed by atoms with van der Waals surface area (Å²) in [4.78, 5) is 29.1. The number of ketones is 1. The number of amides is 2. The highest BCUT2D eigenvalue weighted by Gasteiger charge is 2.45. The number of hydrogen-bond acceptors (Lipinski definition) is 5. The Labute approximate surface area is 174 Å². The molecule has 2 aromatic rings. The van der Waals surface area contributed by atoms with E-state index in [1.807, 2.05) is 7.05 Å². The summed E-state index contributed by atoms with van der Waals surface area (Å²) >= 11 is 0. The number of nitrogens with one attached hydrogen (secondary N) is 1. The lowest BCUT2D eigenvalue weighted by molar-refractivity contribution is 0.0890. The number of phenolic OH excluding ortho intramolecular Hbond substituents is 1. The summed E-state index contributed by atoms with van der Waals surface area (Å²) in [7, 11) is 1.94. The van der Waals surface area contributed by atoms with E-state index < -0.39 is 5.82 Å². The van der Waals surface area contributed by atoms with E-state index in [0.717, 1.165) is 11.3 Å². The van der Waals surface area contributed by atoms with E-state index in [0.29, 0.717) is 44.5 Å². The van der Waals surface area contributed by atoms with Crippen LogP contribution in [0.1, 0.15) is 35.2 Å². The van der Waals surface area contributed by atoms with Crippen molar-refractivity contribution in [3.8, 4) is 5.75 Å². The zero-order chi connectivity index (χ0) is 21.5. The van der Waals surface area contributed by atoms with E-state index in [4.69, 9.17) is 5.73 Å². The molecule has 1 saturated heterocycles. The summed E-state index contributed by atoms with van der Waals surface area (Å²) in [6, 6.07) is 9.00. The van der Waals surface area contributed by atoms with E-state index >= 15 is 0 Å². The summed E-state index contributed by atoms with van der Waals surface area (Å²) in [6.45, 7) is 1.36. The van der Waals surface area contributed by atoms with Gasteiger partial charge in [-0.05, 0) is 48.7 Å². The van der Waals surface area contributed by atoms with Crippen molar-refractivity contribution in [2.45, 2.75) is 31.3 Å². The molecule has 4 rings (SSSR count). The number of rotatable bonds is 2. The van der Waals surface area contributed by atoms with Crippen molar-refractivity contribution in [3.05, 3.63) is 53.3 Å². The average Bonchev–Trinajstić information content (AvgIpc) is 2.73. The fourth-order valence-electron chi connectivity index (χ4n) is 4.43. The largest absolute Gasteiger partial charge is 0.506 e. The normalized spacial score (nSPS) is 17.7. The van der Waals surface area contributed by atoms with Gasteiger partial charge in [-0.3, -0.25) is 4.79 Å². The number of nitrogens with zero attached hydrogens (tertiary/aromatic N) is 2. The minimum atomic E-state index is -0.409. The highest BCUT2D eigenvalue weighted by Crippen LogP contribution is 2.41. The van der Waals surface area contributed by atoms with E-state index in [2.05, 4.69) is 10.2 Å². The number of Topliss-reactive ketones (excluding diaryl/α,β-unsaturated/α-hetero) is 1. The van der Waals surface area contributed by atoms with Crippen LogP contribution in [0.2, 0.25) is 0 Å². The van der Waals surface area contributed by atoms with Crippen molar-refractivity contribution in [1.82, 2.24) is 10.2 Å². The molecule has 0 aromatic heterocycles. The smallest absolute Gasteiger partial charge is 0.317 e. The zero-order valence-corrected chi connectivity index (χ0v) is 16.8. The zero-order valence-electron chi connectivity index (χ0n) is 16.8. The van der Waals surface area contributed by atoms with Crippen molar-refractivity contribution >= 4 is 23.2 Å². The Kier molecular flexibility index (Phi) is 5.01. The molecule has 4 N–H and O–H groups in total. The third-order valence-corrected chi connectivity index (χ3v) is 6.34. The van der Waals surface area contributed by atoms with Gasteiger partial charge in [0, 0.05) is 44.4 Å². The maximum absolute atomic E-state index is 13.6. The number of carbonyl (C=O) groups is 2. The molecule has 2 amide bonds. The lowest BCUT2D eigenvalue weighted by atomic mass is 9.77. The molecule has 0 radical (unpaired) electrons. The van der Waals surface area contributed by atoms with Gasteiger partial charge in [-0.1, -0.05) is 6.07 Å². The van der Waals surface area contributed by atoms with Gasteiger partial charge in [0.05, 0.1) is 11.2 Å². The van der Waals surface area contributed by atoms with Gasteiger partial charge in [0.2, 0.25) is 0 Å². The average molecular weight is 412 g/mol. The fraction of sp³-hybridized carbons (Fsp3) is 0.364. The number of halogens is 1. The summed E-state index contributed by atoms with van der Waals surface area (Å²) in [5.74, 6) is -0.444. The molecule has 8 heteroatoms. The number of nitrogen functional groups attached to an aromatic ring is 1. The van der Waals surface area contributed by atoms with E-state index in [9.17, 15) is 19.1 Å². The summed E-state index contributed by atoms with van der Waals surface area (Å²) in [6.07, 6.45) is 1.64. The predicted octanol–water partition coefficient (Wildman–Crippen LogP) is 2.88. The quantitative estimate of drug-likeness (QED) is 0.520. The number of carbonyl (C=O) groups excluding carboxylic acids is 2. The van der Waals surface area contributed by atoms with Crippen LogP contribution in [-0.4, -0.2) is 47.5 Å². The molecule has 30 heavy (non-hydrogen) atoms. The molecule has 2 aliphatic rings. The van der Waals surface area contributed by atoms with Gasteiger partial charge in [-0.2, -0.15) is 0 Å². The van der Waals surface area contributed by atoms with Crippen LogP contribution in [0.25, 0.3) is 0 Å². The van der Waals surface area contributed by atoms with Crippen molar-refractivity contribution in [3.63, 3.8) is 0 Å². The van der Waals surface area contributed by atoms with Crippen LogP contribution in [0, 0.1) is 5.82 Å². The summed E-state index contributed by atoms with van der Waals surface area (Å²) in [5, 5.41) is 12.4. The van der Waals surface area contributed by atoms with Crippen LogP contribution < -0.4 is 16.0 Å². The molecule has 158 valence electrons. The standard InChI is InChI=1S/C22H25FN4O3/c1-26-18-4-3-15(23)11-16(18)20(29)12-22(26)6-8-27(9-7-22)21(30)25-13-14-2-5-19(28)17(24)10-14/h2-5,10-11,28H,6-9,12-13,24H2,1H3,(H,25,30). The minimum absolute atomic E-state index is 0.0156. The lowest BCUT2D eigenvalue weighted by Gasteiger charge is -2.50. The van der Waals surface area contributed by atoms with Gasteiger partial charge < -0.3 is 26.0 Å². The van der Waals surface area contributed by atoms with Gasteiger partial charge in [0.25, 0.3) is 0 Å². The number of likely N-dealkylation sites (tertiary alicyclic amines) is 1. The predicted molar refractivity (Wildman–Crippen MR) is 112 cm³/mol. The number of phenols is 1. The number of benzene rings is 2. The van der Waals surface area contributed by atoms with E-state index in [1.165, 1.54) is 18.2 Å². The molecule has 1 fully saturated rings. The number of piperidine rings is 1. The Bertz CT molecular complexity index is 1000. The van der Waals surface area contributed by atoms with E-state index in [1.54, 1.807) is 23.1 Å². The molecule has 0 bridgehead atoms. The molecular weight excluding hydrogens is 387 g/mol. The molecule has 2 heterocycles. The van der Waals surface area contributed by atoms with Gasteiger partial charge >= 0.3 is 6.03 Å². The number of anilines is 2. The van der Waals surface area contributed by atoms with Crippen molar-refractivity contribution in [1.29, 1.82) is 0 Å². The van der Waals surface area contributed by atoms with Crippen LogP contribution in [0.4, 0.5) is 20.6 Å². The number of hydrogen-bond donors (Lipinski definition) is 3. The minimum Gasteiger partial charge on any atom is -0.506 e. The molecule has 2 aliphatic heterocycles. The van der Waals surface area contributed by atoms with E-state index in [-0.39, 0.29) is 28.8 Å². The third-order valence-electron chi connectivity index (χ3n) is 6.34. The highest BCUT2D eigenvalue weighted by molar-refractivity contribution is 6.04. The maximum Gasteiger partial charge on any atom is 0.317 e. The Morgan fingerprint density at radius 3 is 2.67 bits per heavy atom. The van der Waals surface area contributed by atoms with Gasteiger partial charge in [0.15, 0.2) is 5.78 Å². The second kappa shape index (κ2) is 7.51. The lowest BCUT2D eigenvalue weighted by Crippen LogP contribution is -2.59. The molecule has 0 unspecified atom stereocenters. The van der Waals surface area contributed by atoms with Crippen LogP contribution in [0.15, 0.2) is 36.4 Å². The van der Waals surface area contributed by atoms with Gasteiger partial charge in [0.1, 0.15) is 11.6 Å². The molecule has 1 spiro atoms. The van der Waals surface area contributed by atoms with Crippen molar-refractivity contribution in [2.24, 2.45) is 0 Å². The number of aromatic hydroxyl groups is 1. The summed E-state index contributed by atoms with van der Waals surface area (Å²) in [5.41, 5.74) is 7.58.